The van der Waals surface area contributed by atoms with Gasteiger partial charge in [0.25, 0.3) is 0 Å². The molecule has 0 saturated carbocycles. The molecule has 0 aliphatic carbocycles. The molecule has 0 aromatic heterocycles. The highest BCUT2D eigenvalue weighted by Gasteiger charge is 2.33. The molecule has 2 aliphatic heterocycles. The monoisotopic (exact) mass is 406 g/mol. The van der Waals surface area contributed by atoms with Crippen molar-refractivity contribution in [2.75, 3.05) is 29.9 Å². The quantitative estimate of drug-likeness (QED) is 0.689. The SMILES string of the molecule is O=C1C(Nc2cccc(OC(F)F)c2)CCN1c1ccc(C2CNNC2)c(F)c1. The molecule has 4 rings (SSSR count). The Morgan fingerprint density at radius 1 is 1.14 bits per heavy atom. The van der Waals surface area contributed by atoms with Crippen LogP contribution in [0.3, 0.4) is 0 Å². The van der Waals surface area contributed by atoms with Gasteiger partial charge in [-0.2, -0.15) is 8.78 Å². The first-order valence-corrected chi connectivity index (χ1v) is 9.39. The van der Waals surface area contributed by atoms with Crippen molar-refractivity contribution in [3.63, 3.8) is 0 Å². The van der Waals surface area contributed by atoms with E-state index in [0.29, 0.717) is 43.0 Å². The maximum atomic E-state index is 14.6. The highest BCUT2D eigenvalue weighted by Crippen LogP contribution is 2.29. The predicted octanol–water partition coefficient (Wildman–Crippen LogP) is 2.84. The van der Waals surface area contributed by atoms with Gasteiger partial charge in [0.05, 0.1) is 0 Å². The van der Waals surface area contributed by atoms with Gasteiger partial charge in [0.15, 0.2) is 0 Å². The lowest BCUT2D eigenvalue weighted by Crippen LogP contribution is -2.33. The average Bonchev–Trinajstić information content (AvgIpc) is 3.32. The number of benzene rings is 2. The maximum Gasteiger partial charge on any atom is 0.387 e. The molecule has 6 nitrogen and oxygen atoms in total. The molecule has 2 heterocycles. The zero-order valence-corrected chi connectivity index (χ0v) is 15.5. The van der Waals surface area contributed by atoms with E-state index in [1.54, 1.807) is 24.3 Å². The Bertz CT molecular complexity index is 890. The van der Waals surface area contributed by atoms with Crippen molar-refractivity contribution < 1.29 is 22.7 Å². The van der Waals surface area contributed by atoms with Crippen molar-refractivity contribution >= 4 is 17.3 Å². The number of carbonyl (C=O) groups is 1. The van der Waals surface area contributed by atoms with Crippen molar-refractivity contribution in [1.82, 2.24) is 10.9 Å². The highest BCUT2D eigenvalue weighted by atomic mass is 19.3. The molecule has 2 saturated heterocycles. The summed E-state index contributed by atoms with van der Waals surface area (Å²) < 4.78 is 43.7. The summed E-state index contributed by atoms with van der Waals surface area (Å²) in [6, 6.07) is 10.4. The molecular weight excluding hydrogens is 385 g/mol. The smallest absolute Gasteiger partial charge is 0.387 e. The van der Waals surface area contributed by atoms with Gasteiger partial charge in [-0.25, -0.2) is 4.39 Å². The molecule has 1 unspecified atom stereocenters. The van der Waals surface area contributed by atoms with Gasteiger partial charge in [0.2, 0.25) is 5.91 Å². The third kappa shape index (κ3) is 4.30. The van der Waals surface area contributed by atoms with Gasteiger partial charge in [-0.3, -0.25) is 15.6 Å². The number of hydrogen-bond donors (Lipinski definition) is 3. The first-order chi connectivity index (χ1) is 14.0. The predicted molar refractivity (Wildman–Crippen MR) is 103 cm³/mol. The van der Waals surface area contributed by atoms with Crippen LogP contribution in [0.5, 0.6) is 5.75 Å². The van der Waals surface area contributed by atoms with E-state index in [1.165, 1.54) is 23.1 Å². The number of halogens is 3. The fourth-order valence-electron chi connectivity index (χ4n) is 3.73. The van der Waals surface area contributed by atoms with E-state index in [4.69, 9.17) is 0 Å². The lowest BCUT2D eigenvalue weighted by Gasteiger charge is -2.19. The summed E-state index contributed by atoms with van der Waals surface area (Å²) in [5.41, 5.74) is 7.58. The summed E-state index contributed by atoms with van der Waals surface area (Å²) in [7, 11) is 0. The second-order valence-electron chi connectivity index (χ2n) is 7.05. The number of nitrogens with zero attached hydrogens (tertiary/aromatic N) is 1. The van der Waals surface area contributed by atoms with Crippen molar-refractivity contribution in [1.29, 1.82) is 0 Å². The Hall–Kier alpha value is -2.78. The fourth-order valence-corrected chi connectivity index (χ4v) is 3.73. The minimum Gasteiger partial charge on any atom is -0.435 e. The molecule has 2 aromatic carbocycles. The van der Waals surface area contributed by atoms with E-state index in [-0.39, 0.29) is 23.4 Å². The van der Waals surface area contributed by atoms with Gasteiger partial charge in [-0.1, -0.05) is 12.1 Å². The summed E-state index contributed by atoms with van der Waals surface area (Å²) in [6.07, 6.45) is 0.513. The number of anilines is 2. The molecule has 2 aliphatic rings. The topological polar surface area (TPSA) is 65.6 Å². The van der Waals surface area contributed by atoms with Crippen LogP contribution in [0.1, 0.15) is 17.9 Å². The van der Waals surface area contributed by atoms with Gasteiger partial charge in [-0.05, 0) is 36.2 Å². The number of alkyl halides is 2. The molecule has 9 heteroatoms. The lowest BCUT2D eigenvalue weighted by atomic mass is 9.99. The normalized spacial score (nSPS) is 19.9. The van der Waals surface area contributed by atoms with E-state index < -0.39 is 12.7 Å². The molecule has 2 aromatic rings. The molecule has 154 valence electrons. The zero-order chi connectivity index (χ0) is 20.4. The van der Waals surface area contributed by atoms with Crippen LogP contribution in [-0.4, -0.2) is 38.2 Å². The number of hydrazine groups is 1. The number of ether oxygens (including phenoxy) is 1. The molecule has 3 N–H and O–H groups in total. The number of amides is 1. The van der Waals surface area contributed by atoms with Gasteiger partial charge >= 0.3 is 6.61 Å². The third-order valence-corrected chi connectivity index (χ3v) is 5.16. The molecule has 1 amide bonds. The first kappa shape index (κ1) is 19.5. The van der Waals surface area contributed by atoms with Gasteiger partial charge < -0.3 is 15.0 Å². The second-order valence-corrected chi connectivity index (χ2v) is 7.05. The molecule has 0 bridgehead atoms. The van der Waals surface area contributed by atoms with Crippen molar-refractivity contribution in [2.45, 2.75) is 25.0 Å². The second kappa shape index (κ2) is 8.30. The van der Waals surface area contributed by atoms with Crippen LogP contribution in [0.15, 0.2) is 42.5 Å². The minimum absolute atomic E-state index is 0.0147. The number of rotatable bonds is 6. The Balaban J connectivity index is 1.44. The minimum atomic E-state index is -2.91. The van der Waals surface area contributed by atoms with Crippen LogP contribution < -0.4 is 25.8 Å². The molecule has 2 fully saturated rings. The maximum absolute atomic E-state index is 14.6. The highest BCUT2D eigenvalue weighted by molar-refractivity contribution is 6.01. The number of nitrogens with one attached hydrogen (secondary N) is 3. The van der Waals surface area contributed by atoms with E-state index in [1.807, 2.05) is 0 Å². The summed E-state index contributed by atoms with van der Waals surface area (Å²) in [5, 5.41) is 3.05. The summed E-state index contributed by atoms with van der Waals surface area (Å²) in [5.74, 6) is -0.461. The van der Waals surface area contributed by atoms with Crippen LogP contribution in [0.25, 0.3) is 0 Å². The third-order valence-electron chi connectivity index (χ3n) is 5.16. The van der Waals surface area contributed by atoms with E-state index in [9.17, 15) is 18.0 Å². The van der Waals surface area contributed by atoms with E-state index in [2.05, 4.69) is 20.9 Å². The van der Waals surface area contributed by atoms with Crippen LogP contribution in [0, 0.1) is 5.82 Å². The van der Waals surface area contributed by atoms with Crippen LogP contribution in [-0.2, 0) is 4.79 Å². The zero-order valence-electron chi connectivity index (χ0n) is 15.5. The van der Waals surface area contributed by atoms with E-state index in [0.717, 1.165) is 0 Å². The van der Waals surface area contributed by atoms with Gasteiger partial charge in [-0.15, -0.1) is 0 Å². The van der Waals surface area contributed by atoms with Crippen molar-refractivity contribution in [3.8, 4) is 5.75 Å². The van der Waals surface area contributed by atoms with Gasteiger partial charge in [0, 0.05) is 43.0 Å². The van der Waals surface area contributed by atoms with Crippen molar-refractivity contribution in [3.05, 3.63) is 53.8 Å². The van der Waals surface area contributed by atoms with Crippen LogP contribution in [0.4, 0.5) is 24.5 Å². The summed E-state index contributed by atoms with van der Waals surface area (Å²) in [4.78, 5) is 14.3. The average molecular weight is 406 g/mol. The Morgan fingerprint density at radius 3 is 2.66 bits per heavy atom. The van der Waals surface area contributed by atoms with Crippen LogP contribution >= 0.6 is 0 Å². The Morgan fingerprint density at radius 2 is 1.93 bits per heavy atom. The molecule has 29 heavy (non-hydrogen) atoms. The molecule has 1 atom stereocenters. The lowest BCUT2D eigenvalue weighted by molar-refractivity contribution is -0.117. The van der Waals surface area contributed by atoms with Crippen LogP contribution in [0.2, 0.25) is 0 Å². The molecule has 0 spiro atoms. The molecule has 0 radical (unpaired) electrons. The van der Waals surface area contributed by atoms with Crippen molar-refractivity contribution in [2.24, 2.45) is 0 Å². The largest absolute Gasteiger partial charge is 0.435 e. The Labute approximate surface area is 166 Å². The number of carbonyl (C=O) groups excluding carboxylic acids is 1. The van der Waals surface area contributed by atoms with E-state index >= 15 is 0 Å². The molecular formula is C20H21F3N4O2. The summed E-state index contributed by atoms with van der Waals surface area (Å²) >= 11 is 0. The van der Waals surface area contributed by atoms with Gasteiger partial charge in [0.1, 0.15) is 17.6 Å². The fraction of sp³-hybridized carbons (Fsp3) is 0.350. The standard InChI is InChI=1S/C20H21F3N4O2/c21-17-9-14(4-5-16(17)12-10-24-25-11-12)27-7-6-18(19(27)28)26-13-2-1-3-15(8-13)29-20(22)23/h1-5,8-9,12,18,20,24-26H,6-7,10-11H2. The number of hydrogen-bond acceptors (Lipinski definition) is 5. The Kier molecular flexibility index (Phi) is 5.59. The first-order valence-electron chi connectivity index (χ1n) is 9.39. The summed E-state index contributed by atoms with van der Waals surface area (Å²) in [6.45, 7) is -1.17.